The standard InChI is InChI=1S/C22H39N5O/c1-18(2)4-10-26-11-5-19(6-12-26)16-24-22(28)20-7-13-27(14-8-20)17-21-23-9-15-25(21)3/h9,15,18-20H,4-8,10-14,16-17H2,1-3H3,(H,24,28). The number of carbonyl (C=O) groups excluding carboxylic acids is 1. The maximum atomic E-state index is 12.6. The number of nitrogens with one attached hydrogen (secondary N) is 1. The van der Waals surface area contributed by atoms with Crippen molar-refractivity contribution in [3.63, 3.8) is 0 Å². The summed E-state index contributed by atoms with van der Waals surface area (Å²) in [5.41, 5.74) is 0. The average molecular weight is 390 g/mol. The van der Waals surface area contributed by atoms with E-state index in [0.29, 0.717) is 5.92 Å². The fourth-order valence-electron chi connectivity index (χ4n) is 4.35. The van der Waals surface area contributed by atoms with E-state index in [9.17, 15) is 4.79 Å². The number of piperidine rings is 2. The maximum absolute atomic E-state index is 12.6. The molecule has 1 amide bonds. The number of imidazole rings is 1. The van der Waals surface area contributed by atoms with Crippen LogP contribution in [-0.4, -0.2) is 64.5 Å². The normalized spacial score (nSPS) is 20.7. The van der Waals surface area contributed by atoms with Gasteiger partial charge in [0.1, 0.15) is 5.82 Å². The van der Waals surface area contributed by atoms with E-state index in [4.69, 9.17) is 0 Å². The van der Waals surface area contributed by atoms with Crippen LogP contribution in [-0.2, 0) is 18.4 Å². The highest BCUT2D eigenvalue weighted by Gasteiger charge is 2.26. The SMILES string of the molecule is CC(C)CCN1CCC(CNC(=O)C2CCN(Cc3nccn3C)CC2)CC1. The molecule has 1 N–H and O–H groups in total. The van der Waals surface area contributed by atoms with Gasteiger partial charge in [-0.2, -0.15) is 0 Å². The number of hydrogen-bond acceptors (Lipinski definition) is 4. The van der Waals surface area contributed by atoms with Gasteiger partial charge >= 0.3 is 0 Å². The minimum absolute atomic E-state index is 0.184. The van der Waals surface area contributed by atoms with E-state index in [1.54, 1.807) is 0 Å². The first-order valence-electron chi connectivity index (χ1n) is 11.2. The van der Waals surface area contributed by atoms with E-state index < -0.39 is 0 Å². The van der Waals surface area contributed by atoms with Crippen molar-refractivity contribution >= 4 is 5.91 Å². The number of rotatable bonds is 8. The fraction of sp³-hybridized carbons (Fsp3) is 0.818. The maximum Gasteiger partial charge on any atom is 0.223 e. The topological polar surface area (TPSA) is 53.4 Å². The van der Waals surface area contributed by atoms with E-state index in [1.807, 2.05) is 19.4 Å². The van der Waals surface area contributed by atoms with E-state index in [0.717, 1.165) is 50.8 Å². The zero-order valence-electron chi connectivity index (χ0n) is 18.1. The highest BCUT2D eigenvalue weighted by molar-refractivity contribution is 5.78. The van der Waals surface area contributed by atoms with Crippen LogP contribution in [0.15, 0.2) is 12.4 Å². The van der Waals surface area contributed by atoms with Gasteiger partial charge in [-0.3, -0.25) is 9.69 Å². The van der Waals surface area contributed by atoms with Gasteiger partial charge in [0.2, 0.25) is 5.91 Å². The molecular weight excluding hydrogens is 350 g/mol. The predicted molar refractivity (Wildman–Crippen MR) is 113 cm³/mol. The number of hydrogen-bond donors (Lipinski definition) is 1. The van der Waals surface area contributed by atoms with Crippen molar-refractivity contribution in [2.45, 2.75) is 52.5 Å². The molecule has 0 bridgehead atoms. The van der Waals surface area contributed by atoms with Crippen molar-refractivity contribution in [3.8, 4) is 0 Å². The van der Waals surface area contributed by atoms with Gasteiger partial charge in [-0.1, -0.05) is 13.8 Å². The fourth-order valence-corrected chi connectivity index (χ4v) is 4.35. The van der Waals surface area contributed by atoms with Crippen LogP contribution >= 0.6 is 0 Å². The highest BCUT2D eigenvalue weighted by Crippen LogP contribution is 2.20. The first-order chi connectivity index (χ1) is 13.5. The van der Waals surface area contributed by atoms with Gasteiger partial charge in [0.25, 0.3) is 0 Å². The van der Waals surface area contributed by atoms with Crippen LogP contribution in [0, 0.1) is 17.8 Å². The molecule has 2 fully saturated rings. The van der Waals surface area contributed by atoms with Gasteiger partial charge in [-0.15, -0.1) is 0 Å². The van der Waals surface area contributed by atoms with E-state index in [-0.39, 0.29) is 11.8 Å². The second-order valence-electron chi connectivity index (χ2n) is 9.22. The summed E-state index contributed by atoms with van der Waals surface area (Å²) in [4.78, 5) is 22.0. The first kappa shape index (κ1) is 21.3. The van der Waals surface area contributed by atoms with Crippen molar-refractivity contribution in [2.24, 2.45) is 24.8 Å². The number of likely N-dealkylation sites (tertiary alicyclic amines) is 2. The Hall–Kier alpha value is -1.40. The third-order valence-electron chi connectivity index (χ3n) is 6.54. The molecule has 2 aliphatic heterocycles. The van der Waals surface area contributed by atoms with Crippen LogP contribution in [0.5, 0.6) is 0 Å². The monoisotopic (exact) mass is 389 g/mol. The molecule has 0 radical (unpaired) electrons. The van der Waals surface area contributed by atoms with Gasteiger partial charge in [-0.05, 0) is 76.7 Å². The van der Waals surface area contributed by atoms with Gasteiger partial charge in [0, 0.05) is 31.9 Å². The van der Waals surface area contributed by atoms with Crippen LogP contribution in [0.3, 0.4) is 0 Å². The smallest absolute Gasteiger partial charge is 0.223 e. The minimum atomic E-state index is 0.184. The third kappa shape index (κ3) is 6.31. The number of aromatic nitrogens is 2. The second-order valence-corrected chi connectivity index (χ2v) is 9.22. The molecule has 3 heterocycles. The van der Waals surface area contributed by atoms with E-state index >= 15 is 0 Å². The average Bonchev–Trinajstić information content (AvgIpc) is 3.10. The van der Waals surface area contributed by atoms with Crippen LogP contribution in [0.1, 0.15) is 51.8 Å². The Balaban J connectivity index is 1.30. The van der Waals surface area contributed by atoms with Crippen LogP contribution in [0.4, 0.5) is 0 Å². The molecule has 3 rings (SSSR count). The third-order valence-corrected chi connectivity index (χ3v) is 6.54. The molecule has 6 heteroatoms. The second kappa shape index (κ2) is 10.4. The van der Waals surface area contributed by atoms with Crippen molar-refractivity contribution in [2.75, 3.05) is 39.3 Å². The predicted octanol–water partition coefficient (Wildman–Crippen LogP) is 2.51. The Labute approximate surface area is 170 Å². The molecule has 1 aromatic heterocycles. The Morgan fingerprint density at radius 1 is 1.14 bits per heavy atom. The summed E-state index contributed by atoms with van der Waals surface area (Å²) in [7, 11) is 2.04. The lowest BCUT2D eigenvalue weighted by Crippen LogP contribution is -2.43. The summed E-state index contributed by atoms with van der Waals surface area (Å²) in [6.45, 7) is 11.9. The summed E-state index contributed by atoms with van der Waals surface area (Å²) in [5, 5.41) is 3.26. The molecule has 158 valence electrons. The molecular formula is C22H39N5O. The Kier molecular flexibility index (Phi) is 7.91. The van der Waals surface area contributed by atoms with Crippen molar-refractivity contribution < 1.29 is 4.79 Å². The Morgan fingerprint density at radius 2 is 1.82 bits per heavy atom. The molecule has 0 aliphatic carbocycles. The van der Waals surface area contributed by atoms with Gasteiger partial charge in [0.05, 0.1) is 6.54 Å². The summed E-state index contributed by atoms with van der Waals surface area (Å²) in [6.07, 6.45) is 9.50. The number of amides is 1. The van der Waals surface area contributed by atoms with Crippen molar-refractivity contribution in [3.05, 3.63) is 18.2 Å². The molecule has 0 saturated carbocycles. The molecule has 28 heavy (non-hydrogen) atoms. The van der Waals surface area contributed by atoms with Crippen molar-refractivity contribution in [1.29, 1.82) is 0 Å². The summed E-state index contributed by atoms with van der Waals surface area (Å²) in [6, 6.07) is 0. The summed E-state index contributed by atoms with van der Waals surface area (Å²) < 4.78 is 2.08. The van der Waals surface area contributed by atoms with Crippen LogP contribution in [0.25, 0.3) is 0 Å². The zero-order chi connectivity index (χ0) is 19.9. The number of carbonyl (C=O) groups is 1. The Morgan fingerprint density at radius 3 is 2.43 bits per heavy atom. The number of nitrogens with zero attached hydrogens (tertiary/aromatic N) is 4. The first-order valence-corrected chi connectivity index (χ1v) is 11.2. The quantitative estimate of drug-likeness (QED) is 0.742. The summed E-state index contributed by atoms with van der Waals surface area (Å²) in [5.74, 6) is 3.00. The summed E-state index contributed by atoms with van der Waals surface area (Å²) >= 11 is 0. The molecule has 0 aromatic carbocycles. The lowest BCUT2D eigenvalue weighted by molar-refractivity contribution is -0.126. The van der Waals surface area contributed by atoms with Crippen LogP contribution in [0.2, 0.25) is 0 Å². The molecule has 0 unspecified atom stereocenters. The largest absolute Gasteiger partial charge is 0.356 e. The lowest BCUT2D eigenvalue weighted by atomic mass is 9.94. The van der Waals surface area contributed by atoms with E-state index in [2.05, 4.69) is 38.5 Å². The lowest BCUT2D eigenvalue weighted by Gasteiger charge is -2.33. The van der Waals surface area contributed by atoms with Crippen LogP contribution < -0.4 is 5.32 Å². The highest BCUT2D eigenvalue weighted by atomic mass is 16.1. The van der Waals surface area contributed by atoms with Gasteiger partial charge in [0.15, 0.2) is 0 Å². The van der Waals surface area contributed by atoms with Gasteiger partial charge in [-0.25, -0.2) is 4.98 Å². The van der Waals surface area contributed by atoms with Crippen molar-refractivity contribution in [1.82, 2.24) is 24.7 Å². The van der Waals surface area contributed by atoms with Gasteiger partial charge < -0.3 is 14.8 Å². The number of aryl methyl sites for hydroxylation is 1. The molecule has 2 aliphatic rings. The molecule has 2 saturated heterocycles. The molecule has 6 nitrogen and oxygen atoms in total. The minimum Gasteiger partial charge on any atom is -0.356 e. The van der Waals surface area contributed by atoms with E-state index in [1.165, 1.54) is 38.9 Å². The Bertz CT molecular complexity index is 598. The molecule has 1 aromatic rings. The molecule has 0 spiro atoms. The zero-order valence-corrected chi connectivity index (χ0v) is 18.1. The molecule has 0 atom stereocenters.